The van der Waals surface area contributed by atoms with Crippen molar-refractivity contribution in [2.75, 3.05) is 17.6 Å². The van der Waals surface area contributed by atoms with E-state index in [0.29, 0.717) is 24.5 Å². The van der Waals surface area contributed by atoms with Gasteiger partial charge in [0.2, 0.25) is 6.39 Å². The first-order chi connectivity index (χ1) is 9.34. The number of nitrogens with two attached hydrogens (primary N) is 1. The van der Waals surface area contributed by atoms with Crippen LogP contribution in [0.1, 0.15) is 5.82 Å². The molecule has 0 aliphatic heterocycles. The van der Waals surface area contributed by atoms with Crippen LogP contribution in [0.25, 0.3) is 10.9 Å². The quantitative estimate of drug-likeness (QED) is 0.691. The first-order valence-electron chi connectivity index (χ1n) is 5.97. The Morgan fingerprint density at radius 3 is 3.00 bits per heavy atom. The van der Waals surface area contributed by atoms with Gasteiger partial charge in [-0.25, -0.2) is 0 Å². The average Bonchev–Trinajstić information content (AvgIpc) is 2.93. The van der Waals surface area contributed by atoms with Gasteiger partial charge in [0.25, 0.3) is 0 Å². The van der Waals surface area contributed by atoms with Crippen molar-refractivity contribution in [3.63, 3.8) is 0 Å². The van der Waals surface area contributed by atoms with Crippen molar-refractivity contribution in [1.29, 1.82) is 0 Å². The van der Waals surface area contributed by atoms with Crippen molar-refractivity contribution < 1.29 is 4.52 Å². The molecule has 0 bridgehead atoms. The first-order valence-corrected chi connectivity index (χ1v) is 5.97. The zero-order valence-corrected chi connectivity index (χ0v) is 10.2. The summed E-state index contributed by atoms with van der Waals surface area (Å²) in [7, 11) is 0. The topological polar surface area (TPSA) is 89.9 Å². The first kappa shape index (κ1) is 11.5. The lowest BCUT2D eigenvalue weighted by atomic mass is 10.1. The van der Waals surface area contributed by atoms with Gasteiger partial charge in [0.05, 0.1) is 11.2 Å². The van der Waals surface area contributed by atoms with Crippen LogP contribution in [-0.4, -0.2) is 21.7 Å². The van der Waals surface area contributed by atoms with Crippen LogP contribution >= 0.6 is 0 Å². The molecule has 6 heteroatoms. The molecule has 1 aromatic carbocycles. The Morgan fingerprint density at radius 1 is 1.21 bits per heavy atom. The van der Waals surface area contributed by atoms with Crippen molar-refractivity contribution in [3.8, 4) is 0 Å². The molecule has 2 heterocycles. The molecular weight excluding hydrogens is 242 g/mol. The van der Waals surface area contributed by atoms with Crippen LogP contribution in [0.4, 0.5) is 11.4 Å². The van der Waals surface area contributed by atoms with E-state index in [1.165, 1.54) is 6.39 Å². The Kier molecular flexibility index (Phi) is 2.97. The number of pyridine rings is 1. The molecule has 3 N–H and O–H groups in total. The van der Waals surface area contributed by atoms with E-state index in [1.807, 2.05) is 24.3 Å². The van der Waals surface area contributed by atoms with Crippen LogP contribution in [0.2, 0.25) is 0 Å². The van der Waals surface area contributed by atoms with Crippen LogP contribution in [0.3, 0.4) is 0 Å². The Labute approximate surface area is 109 Å². The third-order valence-corrected chi connectivity index (χ3v) is 2.87. The number of hydrogen-bond acceptors (Lipinski definition) is 6. The predicted octanol–water partition coefficient (Wildman–Crippen LogP) is 1.85. The highest BCUT2D eigenvalue weighted by atomic mass is 16.5. The van der Waals surface area contributed by atoms with E-state index in [4.69, 9.17) is 5.73 Å². The summed E-state index contributed by atoms with van der Waals surface area (Å²) in [5.74, 6) is 0.686. The van der Waals surface area contributed by atoms with Gasteiger partial charge >= 0.3 is 0 Å². The highest BCUT2D eigenvalue weighted by molar-refractivity contribution is 5.97. The van der Waals surface area contributed by atoms with Gasteiger partial charge in [-0.3, -0.25) is 4.98 Å². The van der Waals surface area contributed by atoms with Crippen LogP contribution in [0, 0.1) is 0 Å². The fraction of sp³-hybridized carbons (Fsp3) is 0.154. The average molecular weight is 255 g/mol. The number of nitrogen functional groups attached to an aromatic ring is 1. The number of nitrogens with one attached hydrogen (secondary N) is 1. The van der Waals surface area contributed by atoms with E-state index >= 15 is 0 Å². The van der Waals surface area contributed by atoms with Gasteiger partial charge in [0, 0.05) is 30.2 Å². The number of aromatic nitrogens is 3. The van der Waals surface area contributed by atoms with E-state index < -0.39 is 0 Å². The minimum absolute atomic E-state index is 0.680. The third-order valence-electron chi connectivity index (χ3n) is 2.87. The second kappa shape index (κ2) is 4.93. The summed E-state index contributed by atoms with van der Waals surface area (Å²) in [4.78, 5) is 8.27. The molecule has 6 nitrogen and oxygen atoms in total. The molecule has 3 aromatic rings. The highest BCUT2D eigenvalue weighted by Crippen LogP contribution is 2.25. The molecule has 0 atom stereocenters. The lowest BCUT2D eigenvalue weighted by Crippen LogP contribution is -2.06. The summed E-state index contributed by atoms with van der Waals surface area (Å²) in [6.07, 6.45) is 3.77. The molecule has 0 radical (unpaired) electrons. The van der Waals surface area contributed by atoms with Crippen LogP contribution in [0.15, 0.2) is 41.4 Å². The minimum atomic E-state index is 0.680. The fourth-order valence-corrected chi connectivity index (χ4v) is 1.96. The van der Waals surface area contributed by atoms with Gasteiger partial charge < -0.3 is 15.6 Å². The summed E-state index contributed by atoms with van der Waals surface area (Å²) in [5, 5.41) is 8.11. The third kappa shape index (κ3) is 2.33. The van der Waals surface area contributed by atoms with Crippen LogP contribution in [0.5, 0.6) is 0 Å². The summed E-state index contributed by atoms with van der Waals surface area (Å²) in [6.45, 7) is 0.716. The van der Waals surface area contributed by atoms with Gasteiger partial charge in [0.1, 0.15) is 0 Å². The Morgan fingerprint density at radius 2 is 2.16 bits per heavy atom. The maximum absolute atomic E-state index is 5.91. The van der Waals surface area contributed by atoms with E-state index in [1.54, 1.807) is 6.20 Å². The molecule has 3 rings (SSSR count). The van der Waals surface area contributed by atoms with Gasteiger partial charge in [-0.2, -0.15) is 4.98 Å². The number of hydrogen-bond donors (Lipinski definition) is 2. The van der Waals surface area contributed by atoms with Gasteiger partial charge in [0.15, 0.2) is 5.82 Å². The number of fused-ring (bicyclic) bond motifs is 1. The van der Waals surface area contributed by atoms with Crippen molar-refractivity contribution in [3.05, 3.63) is 42.7 Å². The molecule has 19 heavy (non-hydrogen) atoms. The van der Waals surface area contributed by atoms with Crippen molar-refractivity contribution >= 4 is 22.3 Å². The summed E-state index contributed by atoms with van der Waals surface area (Å²) < 4.78 is 4.69. The zero-order chi connectivity index (χ0) is 13.1. The smallest absolute Gasteiger partial charge is 0.213 e. The maximum Gasteiger partial charge on any atom is 0.213 e. The Balaban J connectivity index is 1.79. The zero-order valence-electron chi connectivity index (χ0n) is 10.2. The SMILES string of the molecule is Nc1cccc2c(NCCc3ncon3)ccnc12. The summed E-state index contributed by atoms with van der Waals surface area (Å²) >= 11 is 0. The molecule has 0 aliphatic rings. The fourth-order valence-electron chi connectivity index (χ4n) is 1.96. The lowest BCUT2D eigenvalue weighted by molar-refractivity contribution is 0.410. The summed E-state index contributed by atoms with van der Waals surface area (Å²) in [6, 6.07) is 7.69. The van der Waals surface area contributed by atoms with Crippen LogP contribution < -0.4 is 11.1 Å². The van der Waals surface area contributed by atoms with E-state index in [-0.39, 0.29) is 0 Å². The monoisotopic (exact) mass is 255 g/mol. The number of para-hydroxylation sites is 1. The van der Waals surface area contributed by atoms with Gasteiger partial charge in [-0.05, 0) is 12.1 Å². The molecule has 0 saturated carbocycles. The standard InChI is InChI=1S/C13H13N5O/c14-10-3-1-2-9-11(4-6-16-13(9)10)15-7-5-12-17-8-19-18-12/h1-4,6,8H,5,7,14H2,(H,15,16). The maximum atomic E-state index is 5.91. The second-order valence-corrected chi connectivity index (χ2v) is 4.13. The van der Waals surface area contributed by atoms with E-state index in [9.17, 15) is 0 Å². The largest absolute Gasteiger partial charge is 0.397 e. The second-order valence-electron chi connectivity index (χ2n) is 4.13. The predicted molar refractivity (Wildman–Crippen MR) is 72.6 cm³/mol. The molecular formula is C13H13N5O. The summed E-state index contributed by atoms with van der Waals surface area (Å²) in [5.41, 5.74) is 8.40. The molecule has 2 aromatic heterocycles. The molecule has 96 valence electrons. The molecule has 0 unspecified atom stereocenters. The van der Waals surface area contributed by atoms with Crippen molar-refractivity contribution in [1.82, 2.24) is 15.1 Å². The Hall–Kier alpha value is -2.63. The molecule has 0 spiro atoms. The number of anilines is 2. The molecule has 0 amide bonds. The normalized spacial score (nSPS) is 10.7. The number of rotatable bonds is 4. The number of benzene rings is 1. The van der Waals surface area contributed by atoms with E-state index in [0.717, 1.165) is 16.6 Å². The van der Waals surface area contributed by atoms with Crippen molar-refractivity contribution in [2.45, 2.75) is 6.42 Å². The molecule has 0 aliphatic carbocycles. The number of nitrogens with zero attached hydrogens (tertiary/aromatic N) is 3. The Bertz CT molecular complexity index is 681. The van der Waals surface area contributed by atoms with Gasteiger partial charge in [-0.1, -0.05) is 17.3 Å². The lowest BCUT2D eigenvalue weighted by Gasteiger charge is -2.09. The molecule has 0 saturated heterocycles. The van der Waals surface area contributed by atoms with Crippen molar-refractivity contribution in [2.24, 2.45) is 0 Å². The van der Waals surface area contributed by atoms with E-state index in [2.05, 4.69) is 25.0 Å². The van der Waals surface area contributed by atoms with Crippen LogP contribution in [-0.2, 0) is 6.42 Å². The van der Waals surface area contributed by atoms with Gasteiger partial charge in [-0.15, -0.1) is 0 Å². The minimum Gasteiger partial charge on any atom is -0.397 e. The highest BCUT2D eigenvalue weighted by Gasteiger charge is 2.04. The molecule has 0 fully saturated rings.